The van der Waals surface area contributed by atoms with Crippen LogP contribution in [-0.4, -0.2) is 25.5 Å². The molecule has 0 saturated carbocycles. The second kappa shape index (κ2) is 13.3. The Kier molecular flexibility index (Phi) is 10.2. The predicted molar refractivity (Wildman–Crippen MR) is 149 cm³/mol. The molecule has 1 amide bonds. The Labute approximate surface area is 225 Å². The molecule has 1 unspecified atom stereocenters. The van der Waals surface area contributed by atoms with Gasteiger partial charge in [-0.3, -0.25) is 9.59 Å². The van der Waals surface area contributed by atoms with Crippen molar-refractivity contribution < 1.29 is 19.1 Å². The van der Waals surface area contributed by atoms with Gasteiger partial charge in [-0.25, -0.2) is 0 Å². The third-order valence-corrected chi connectivity index (χ3v) is 6.49. The third-order valence-electron chi connectivity index (χ3n) is 6.18. The lowest BCUT2D eigenvalue weighted by Crippen LogP contribution is -2.26. The molecule has 0 aliphatic rings. The number of hydrogen-bond donors (Lipinski definition) is 1. The Balaban J connectivity index is 1.72. The lowest BCUT2D eigenvalue weighted by Gasteiger charge is -2.22. The molecule has 0 aliphatic heterocycles. The zero-order valence-electron chi connectivity index (χ0n) is 22.2. The lowest BCUT2D eigenvalue weighted by molar-refractivity contribution is -0.140. The molecule has 0 fully saturated rings. The largest absolute Gasteiger partial charge is 0.486 e. The number of nitrogens with one attached hydrogen (secondary N) is 1. The minimum Gasteiger partial charge on any atom is -0.486 e. The highest BCUT2D eigenvalue weighted by atomic mass is 35.5. The molecule has 0 saturated heterocycles. The van der Waals surface area contributed by atoms with Crippen molar-refractivity contribution in [3.63, 3.8) is 0 Å². The second-order valence-corrected chi connectivity index (χ2v) is 10.3. The van der Waals surface area contributed by atoms with Crippen LogP contribution in [0.4, 0.5) is 0 Å². The first-order valence-electron chi connectivity index (χ1n) is 12.7. The van der Waals surface area contributed by atoms with Crippen LogP contribution in [0, 0.1) is 5.92 Å². The molecule has 6 heteroatoms. The topological polar surface area (TPSA) is 64.6 Å². The summed E-state index contributed by atoms with van der Waals surface area (Å²) in [4.78, 5) is 23.6. The number of esters is 1. The van der Waals surface area contributed by atoms with Crippen LogP contribution in [0.3, 0.4) is 0 Å². The van der Waals surface area contributed by atoms with E-state index in [2.05, 4.69) is 62.0 Å². The van der Waals surface area contributed by atoms with Gasteiger partial charge in [-0.05, 0) is 65.3 Å². The van der Waals surface area contributed by atoms with Gasteiger partial charge in [0.15, 0.2) is 0 Å². The van der Waals surface area contributed by atoms with E-state index in [0.717, 1.165) is 23.1 Å². The van der Waals surface area contributed by atoms with E-state index in [0.29, 0.717) is 28.2 Å². The van der Waals surface area contributed by atoms with Crippen molar-refractivity contribution in [2.75, 3.05) is 13.7 Å². The zero-order valence-corrected chi connectivity index (χ0v) is 23.0. The van der Waals surface area contributed by atoms with Gasteiger partial charge in [0, 0.05) is 17.7 Å². The maximum Gasteiger partial charge on any atom is 0.307 e. The van der Waals surface area contributed by atoms with E-state index >= 15 is 0 Å². The fraction of sp³-hybridized carbons (Fsp3) is 0.355. The van der Waals surface area contributed by atoms with Crippen molar-refractivity contribution in [3.8, 4) is 16.9 Å². The molecular formula is C31H36ClNO4. The Bertz CT molecular complexity index is 1190. The van der Waals surface area contributed by atoms with E-state index < -0.39 is 0 Å². The molecule has 0 radical (unpaired) electrons. The van der Waals surface area contributed by atoms with E-state index in [1.54, 1.807) is 12.1 Å². The minimum atomic E-state index is -0.360. The van der Waals surface area contributed by atoms with Gasteiger partial charge in [0.05, 0.1) is 18.6 Å². The van der Waals surface area contributed by atoms with Gasteiger partial charge in [-0.15, -0.1) is 0 Å². The summed E-state index contributed by atoms with van der Waals surface area (Å²) in [6, 6.07) is 21.7. The monoisotopic (exact) mass is 521 g/mol. The van der Waals surface area contributed by atoms with E-state index in [1.165, 1.54) is 12.7 Å². The molecule has 0 bridgehead atoms. The number of rotatable bonds is 11. The van der Waals surface area contributed by atoms with Gasteiger partial charge in [-0.1, -0.05) is 75.7 Å². The summed E-state index contributed by atoms with van der Waals surface area (Å²) in [5.74, 6) is 0.985. The van der Waals surface area contributed by atoms with Crippen LogP contribution in [0.15, 0.2) is 66.7 Å². The van der Waals surface area contributed by atoms with Gasteiger partial charge < -0.3 is 14.8 Å². The van der Waals surface area contributed by atoms with E-state index in [-0.39, 0.29) is 30.9 Å². The first kappa shape index (κ1) is 28.3. The van der Waals surface area contributed by atoms with Crippen molar-refractivity contribution in [1.82, 2.24) is 5.32 Å². The van der Waals surface area contributed by atoms with Crippen LogP contribution in [-0.2, 0) is 9.53 Å². The number of carbonyl (C=O) groups is 2. The third kappa shape index (κ3) is 8.09. The van der Waals surface area contributed by atoms with Crippen LogP contribution in [0.5, 0.6) is 5.75 Å². The Hall–Kier alpha value is -3.31. The molecule has 0 spiro atoms. The lowest BCUT2D eigenvalue weighted by atomic mass is 9.98. The summed E-state index contributed by atoms with van der Waals surface area (Å²) in [5, 5.41) is 3.37. The number of amides is 1. The van der Waals surface area contributed by atoms with E-state index in [4.69, 9.17) is 16.3 Å². The average molecular weight is 522 g/mol. The van der Waals surface area contributed by atoms with Crippen molar-refractivity contribution >= 4 is 23.5 Å². The van der Waals surface area contributed by atoms with Gasteiger partial charge >= 0.3 is 5.97 Å². The van der Waals surface area contributed by atoms with Crippen molar-refractivity contribution in [1.29, 1.82) is 0 Å². The zero-order chi connectivity index (χ0) is 26.9. The summed E-state index contributed by atoms with van der Waals surface area (Å²) in [5.41, 5.74) is 4.82. The van der Waals surface area contributed by atoms with Crippen LogP contribution >= 0.6 is 11.6 Å². The van der Waals surface area contributed by atoms with Gasteiger partial charge in [-0.2, -0.15) is 0 Å². The number of ether oxygens (including phenoxy) is 2. The number of halogens is 1. The molecule has 1 N–H and O–H groups in total. The number of benzene rings is 3. The maximum absolute atomic E-state index is 12.4. The normalized spacial score (nSPS) is 11.9. The Morgan fingerprint density at radius 1 is 0.892 bits per heavy atom. The summed E-state index contributed by atoms with van der Waals surface area (Å²) >= 11 is 6.67. The molecule has 3 aromatic carbocycles. The summed E-state index contributed by atoms with van der Waals surface area (Å²) in [6.07, 6.45) is 0.749. The Morgan fingerprint density at radius 2 is 1.54 bits per heavy atom. The van der Waals surface area contributed by atoms with Crippen molar-refractivity contribution in [2.24, 2.45) is 5.92 Å². The molecule has 37 heavy (non-hydrogen) atoms. The standard InChI is InChI=1S/C31H36ClNO4/c1-20(2)18-29(24-10-12-25(13-11-24)31(35)33-17-16-30(34)36-5)37-26-14-15-27(28(32)19-26)23-8-6-22(7-9-23)21(3)4/h6-15,19-21,29H,16-18H2,1-5H3,(H,33,35). The number of hydrogen-bond acceptors (Lipinski definition) is 4. The molecule has 0 aliphatic carbocycles. The van der Waals surface area contributed by atoms with E-state index in [9.17, 15) is 9.59 Å². The molecule has 0 heterocycles. The van der Waals surface area contributed by atoms with E-state index in [1.807, 2.05) is 30.3 Å². The molecule has 1 atom stereocenters. The second-order valence-electron chi connectivity index (χ2n) is 9.86. The van der Waals surface area contributed by atoms with Crippen LogP contribution in [0.1, 0.15) is 74.0 Å². The molecule has 3 rings (SSSR count). The summed E-state index contributed by atoms with van der Waals surface area (Å²) < 4.78 is 11.0. The van der Waals surface area contributed by atoms with Crippen molar-refractivity contribution in [2.45, 2.75) is 52.6 Å². The molecular weight excluding hydrogens is 486 g/mol. The number of carbonyl (C=O) groups excluding carboxylic acids is 2. The Morgan fingerprint density at radius 3 is 2.11 bits per heavy atom. The molecule has 3 aromatic rings. The highest BCUT2D eigenvalue weighted by molar-refractivity contribution is 6.33. The quantitative estimate of drug-likeness (QED) is 0.264. The van der Waals surface area contributed by atoms with Gasteiger partial charge in [0.2, 0.25) is 0 Å². The van der Waals surface area contributed by atoms with Crippen LogP contribution in [0.25, 0.3) is 11.1 Å². The fourth-order valence-corrected chi connectivity index (χ4v) is 4.31. The predicted octanol–water partition coefficient (Wildman–Crippen LogP) is 7.59. The van der Waals surface area contributed by atoms with Gasteiger partial charge in [0.1, 0.15) is 11.9 Å². The van der Waals surface area contributed by atoms with Crippen LogP contribution < -0.4 is 10.1 Å². The first-order valence-corrected chi connectivity index (χ1v) is 13.1. The SMILES string of the molecule is COC(=O)CCNC(=O)c1ccc(C(CC(C)C)Oc2ccc(-c3ccc(C(C)C)cc3)c(Cl)c2)cc1. The van der Waals surface area contributed by atoms with Crippen molar-refractivity contribution in [3.05, 3.63) is 88.4 Å². The smallest absolute Gasteiger partial charge is 0.307 e. The van der Waals surface area contributed by atoms with Crippen LogP contribution in [0.2, 0.25) is 5.02 Å². The minimum absolute atomic E-state index is 0.134. The van der Waals surface area contributed by atoms with Gasteiger partial charge in [0.25, 0.3) is 5.91 Å². The molecule has 0 aromatic heterocycles. The first-order chi connectivity index (χ1) is 17.7. The average Bonchev–Trinajstić information content (AvgIpc) is 2.88. The summed E-state index contributed by atoms with van der Waals surface area (Å²) in [6.45, 7) is 8.88. The fourth-order valence-electron chi connectivity index (χ4n) is 4.03. The number of methoxy groups -OCH3 is 1. The highest BCUT2D eigenvalue weighted by Gasteiger charge is 2.18. The summed E-state index contributed by atoms with van der Waals surface area (Å²) in [7, 11) is 1.33. The molecule has 196 valence electrons. The molecule has 5 nitrogen and oxygen atoms in total. The highest BCUT2D eigenvalue weighted by Crippen LogP contribution is 2.35. The maximum atomic E-state index is 12.4.